The second kappa shape index (κ2) is 5.74. The van der Waals surface area contributed by atoms with Gasteiger partial charge in [-0.15, -0.1) is 0 Å². The predicted molar refractivity (Wildman–Crippen MR) is 81.2 cm³/mol. The summed E-state index contributed by atoms with van der Waals surface area (Å²) in [6.45, 7) is 15.5. The Bertz CT molecular complexity index is 366. The van der Waals surface area contributed by atoms with Crippen LogP contribution in [0.5, 0.6) is 0 Å². The summed E-state index contributed by atoms with van der Waals surface area (Å²) < 4.78 is 0. The van der Waals surface area contributed by atoms with Gasteiger partial charge in [-0.2, -0.15) is 0 Å². The molecule has 1 heterocycles. The Hall–Kier alpha value is -1.06. The van der Waals surface area contributed by atoms with Crippen molar-refractivity contribution >= 4 is 12.3 Å². The highest BCUT2D eigenvalue weighted by Gasteiger charge is 2.42. The van der Waals surface area contributed by atoms with E-state index in [0.717, 1.165) is 13.0 Å². The molecule has 1 saturated heterocycles. The van der Waals surface area contributed by atoms with Crippen LogP contribution < -0.4 is 5.32 Å². The number of carbonyl (C=O) groups excluding carboxylic acids is 2. The molecule has 20 heavy (non-hydrogen) atoms. The molecule has 3 atom stereocenters. The third-order valence-corrected chi connectivity index (χ3v) is 4.43. The van der Waals surface area contributed by atoms with Crippen molar-refractivity contribution in [3.63, 3.8) is 0 Å². The van der Waals surface area contributed by atoms with Crippen LogP contribution in [0.1, 0.15) is 54.9 Å². The van der Waals surface area contributed by atoms with E-state index >= 15 is 0 Å². The van der Waals surface area contributed by atoms with E-state index in [0.29, 0.717) is 12.3 Å². The Morgan fingerprint density at radius 3 is 2.15 bits per heavy atom. The van der Waals surface area contributed by atoms with Crippen LogP contribution in [0.4, 0.5) is 0 Å². The minimum atomic E-state index is -0.457. The first-order chi connectivity index (χ1) is 8.98. The lowest BCUT2D eigenvalue weighted by atomic mass is 9.79. The van der Waals surface area contributed by atoms with Crippen LogP contribution >= 0.6 is 0 Å². The standard InChI is InChI=1S/C16H30N2O2/c1-11-8-12(15(2,3)4)9-18(11)14(20)13(17-10-19)16(5,6)7/h10-13H,8-9H2,1-7H3,(H,17,19)/t11?,12-,13-/m1/s1. The third kappa shape index (κ3) is 3.74. The van der Waals surface area contributed by atoms with E-state index in [1.165, 1.54) is 0 Å². The highest BCUT2D eigenvalue weighted by Crippen LogP contribution is 2.37. The van der Waals surface area contributed by atoms with E-state index in [4.69, 9.17) is 0 Å². The fraction of sp³-hybridized carbons (Fsp3) is 0.875. The molecule has 1 N–H and O–H groups in total. The zero-order valence-electron chi connectivity index (χ0n) is 14.0. The number of rotatable bonds is 3. The number of hydrogen-bond donors (Lipinski definition) is 1. The van der Waals surface area contributed by atoms with Gasteiger partial charge in [0.2, 0.25) is 12.3 Å². The SMILES string of the molecule is CC1C[C@@H](C(C)(C)C)CN1C(=O)[C@@H](NC=O)C(C)(C)C. The average molecular weight is 282 g/mol. The van der Waals surface area contributed by atoms with Crippen molar-refractivity contribution in [1.82, 2.24) is 10.2 Å². The molecule has 4 nitrogen and oxygen atoms in total. The maximum absolute atomic E-state index is 12.8. The van der Waals surface area contributed by atoms with Crippen molar-refractivity contribution < 1.29 is 9.59 Å². The van der Waals surface area contributed by atoms with Gasteiger partial charge in [-0.05, 0) is 30.1 Å². The summed E-state index contributed by atoms with van der Waals surface area (Å²) in [5.41, 5.74) is -0.0733. The van der Waals surface area contributed by atoms with Crippen LogP contribution in [0.15, 0.2) is 0 Å². The molecule has 1 fully saturated rings. The van der Waals surface area contributed by atoms with Gasteiger partial charge in [0.25, 0.3) is 0 Å². The van der Waals surface area contributed by atoms with Crippen molar-refractivity contribution in [2.45, 2.75) is 67.0 Å². The lowest BCUT2D eigenvalue weighted by Gasteiger charge is -2.34. The van der Waals surface area contributed by atoms with Gasteiger partial charge in [0, 0.05) is 12.6 Å². The first kappa shape index (κ1) is 17.0. The second-order valence-electron chi connectivity index (χ2n) is 8.22. The van der Waals surface area contributed by atoms with Gasteiger partial charge in [-0.3, -0.25) is 9.59 Å². The Kier molecular flexibility index (Phi) is 4.88. The van der Waals surface area contributed by atoms with Gasteiger partial charge >= 0.3 is 0 Å². The molecule has 0 aromatic rings. The molecule has 1 aliphatic rings. The van der Waals surface area contributed by atoms with E-state index in [1.807, 2.05) is 25.7 Å². The Labute approximate surface area is 123 Å². The summed E-state index contributed by atoms with van der Waals surface area (Å²) in [4.78, 5) is 25.5. The fourth-order valence-corrected chi connectivity index (χ4v) is 2.89. The average Bonchev–Trinajstić information content (AvgIpc) is 2.65. The molecule has 0 spiro atoms. The lowest BCUT2D eigenvalue weighted by Crippen LogP contribution is -2.53. The van der Waals surface area contributed by atoms with Crippen molar-refractivity contribution in [3.05, 3.63) is 0 Å². The Balaban J connectivity index is 2.88. The van der Waals surface area contributed by atoms with E-state index in [1.54, 1.807) is 0 Å². The zero-order chi connectivity index (χ0) is 15.7. The Morgan fingerprint density at radius 2 is 1.80 bits per heavy atom. The van der Waals surface area contributed by atoms with Crippen LogP contribution in [0.3, 0.4) is 0 Å². The maximum atomic E-state index is 12.8. The predicted octanol–water partition coefficient (Wildman–Crippen LogP) is 2.43. The minimum Gasteiger partial charge on any atom is -0.346 e. The molecular formula is C16H30N2O2. The molecule has 0 saturated carbocycles. The van der Waals surface area contributed by atoms with Gasteiger partial charge in [-0.25, -0.2) is 0 Å². The van der Waals surface area contributed by atoms with Crippen molar-refractivity contribution in [2.75, 3.05) is 6.54 Å². The summed E-state index contributed by atoms with van der Waals surface area (Å²) in [5, 5.41) is 2.70. The third-order valence-electron chi connectivity index (χ3n) is 4.43. The van der Waals surface area contributed by atoms with Gasteiger partial charge in [0.15, 0.2) is 0 Å². The van der Waals surface area contributed by atoms with E-state index in [2.05, 4.69) is 33.0 Å². The maximum Gasteiger partial charge on any atom is 0.245 e. The minimum absolute atomic E-state index is 0.0452. The number of hydrogen-bond acceptors (Lipinski definition) is 2. The highest BCUT2D eigenvalue weighted by molar-refractivity contribution is 5.85. The molecule has 0 radical (unpaired) electrons. The summed E-state index contributed by atoms with van der Waals surface area (Å²) in [7, 11) is 0. The van der Waals surface area contributed by atoms with Crippen molar-refractivity contribution in [3.8, 4) is 0 Å². The largest absolute Gasteiger partial charge is 0.346 e. The van der Waals surface area contributed by atoms with E-state index in [-0.39, 0.29) is 22.8 Å². The smallest absolute Gasteiger partial charge is 0.245 e. The Morgan fingerprint density at radius 1 is 1.25 bits per heavy atom. The molecule has 1 unspecified atom stereocenters. The fourth-order valence-electron chi connectivity index (χ4n) is 2.89. The van der Waals surface area contributed by atoms with Gasteiger partial charge in [-0.1, -0.05) is 41.5 Å². The van der Waals surface area contributed by atoms with Crippen LogP contribution in [0.2, 0.25) is 0 Å². The molecule has 0 aromatic carbocycles. The zero-order valence-corrected chi connectivity index (χ0v) is 14.0. The number of nitrogens with one attached hydrogen (secondary N) is 1. The van der Waals surface area contributed by atoms with Crippen molar-refractivity contribution in [2.24, 2.45) is 16.7 Å². The number of likely N-dealkylation sites (tertiary alicyclic amines) is 1. The lowest BCUT2D eigenvalue weighted by molar-refractivity contribution is -0.138. The topological polar surface area (TPSA) is 49.4 Å². The van der Waals surface area contributed by atoms with Crippen LogP contribution in [0, 0.1) is 16.7 Å². The van der Waals surface area contributed by atoms with Crippen LogP contribution in [-0.2, 0) is 9.59 Å². The quantitative estimate of drug-likeness (QED) is 0.808. The second-order valence-corrected chi connectivity index (χ2v) is 8.22. The monoisotopic (exact) mass is 282 g/mol. The number of carbonyl (C=O) groups is 2. The normalized spacial score (nSPS) is 25.4. The molecule has 0 bridgehead atoms. The molecule has 0 aromatic heterocycles. The van der Waals surface area contributed by atoms with Gasteiger partial charge < -0.3 is 10.2 Å². The van der Waals surface area contributed by atoms with Gasteiger partial charge in [0.1, 0.15) is 6.04 Å². The molecule has 1 aliphatic heterocycles. The first-order valence-electron chi connectivity index (χ1n) is 7.48. The van der Waals surface area contributed by atoms with E-state index in [9.17, 15) is 9.59 Å². The molecular weight excluding hydrogens is 252 g/mol. The summed E-state index contributed by atoms with van der Waals surface area (Å²) >= 11 is 0. The van der Waals surface area contributed by atoms with Crippen molar-refractivity contribution in [1.29, 1.82) is 0 Å². The van der Waals surface area contributed by atoms with E-state index < -0.39 is 6.04 Å². The van der Waals surface area contributed by atoms with Gasteiger partial charge in [0.05, 0.1) is 0 Å². The number of nitrogens with zero attached hydrogens (tertiary/aromatic N) is 1. The molecule has 1 rings (SSSR count). The summed E-state index contributed by atoms with van der Waals surface area (Å²) in [5.74, 6) is 0.558. The first-order valence-corrected chi connectivity index (χ1v) is 7.48. The summed E-state index contributed by atoms with van der Waals surface area (Å²) in [6, 6.07) is -0.216. The molecule has 4 heteroatoms. The molecule has 2 amide bonds. The van der Waals surface area contributed by atoms with Crippen LogP contribution in [0.25, 0.3) is 0 Å². The molecule has 0 aliphatic carbocycles. The van der Waals surface area contributed by atoms with Crippen LogP contribution in [-0.4, -0.2) is 35.8 Å². The molecule has 116 valence electrons. The highest BCUT2D eigenvalue weighted by atomic mass is 16.2. The number of amides is 2. The summed E-state index contributed by atoms with van der Waals surface area (Å²) in [6.07, 6.45) is 1.67.